The Morgan fingerprint density at radius 3 is 2.61 bits per heavy atom. The van der Waals surface area contributed by atoms with Crippen molar-refractivity contribution in [3.05, 3.63) is 6.20 Å². The quantitative estimate of drug-likeness (QED) is 0.460. The number of thiazole rings is 1. The molecule has 0 unspecified atom stereocenters. The normalized spacial score (nSPS) is 22.4. The zero-order valence-corrected chi connectivity index (χ0v) is 18.4. The number of amides is 2. The molecule has 2 fully saturated rings. The minimum absolute atomic E-state index is 0.00155. The van der Waals surface area contributed by atoms with E-state index in [-0.39, 0.29) is 12.0 Å². The first-order valence-corrected chi connectivity index (χ1v) is 12.2. The molecule has 0 atom stereocenters. The lowest BCUT2D eigenvalue weighted by Gasteiger charge is -2.44. The number of aromatic nitrogens is 1. The van der Waals surface area contributed by atoms with Crippen molar-refractivity contribution in [2.75, 3.05) is 17.7 Å². The minimum atomic E-state index is -0.175. The molecule has 0 aliphatic heterocycles. The molecule has 156 valence electrons. The number of carbonyl (C=O) groups excluding carboxylic acids is 2. The van der Waals surface area contributed by atoms with Gasteiger partial charge < -0.3 is 9.64 Å². The summed E-state index contributed by atoms with van der Waals surface area (Å²) in [6.45, 7) is 4.53. The molecule has 1 N–H and O–H groups in total. The number of carbonyl (C=O) groups is 2. The molecule has 0 aromatic carbocycles. The largest absolute Gasteiger partial charge is 0.466 e. The lowest BCUT2D eigenvalue weighted by atomic mass is 9.83. The van der Waals surface area contributed by atoms with Crippen LogP contribution in [-0.4, -0.2) is 46.3 Å². The molecule has 1 aromatic heterocycles. The number of hydrogen-bond acceptors (Lipinski definition) is 6. The van der Waals surface area contributed by atoms with E-state index in [1.807, 2.05) is 6.92 Å². The summed E-state index contributed by atoms with van der Waals surface area (Å²) in [5, 5.41) is 3.67. The molecule has 0 bridgehead atoms. The molecule has 6 nitrogen and oxygen atoms in total. The van der Waals surface area contributed by atoms with Gasteiger partial charge in [-0.15, -0.1) is 11.8 Å². The fourth-order valence-corrected chi connectivity index (χ4v) is 5.68. The van der Waals surface area contributed by atoms with Gasteiger partial charge in [-0.1, -0.05) is 18.3 Å². The topological polar surface area (TPSA) is 71.5 Å². The Bertz CT molecular complexity index is 655. The Morgan fingerprint density at radius 2 is 1.96 bits per heavy atom. The van der Waals surface area contributed by atoms with Crippen molar-refractivity contribution in [2.24, 2.45) is 5.92 Å². The van der Waals surface area contributed by atoms with Gasteiger partial charge >= 0.3 is 12.0 Å². The highest BCUT2D eigenvalue weighted by Gasteiger charge is 2.36. The third-order valence-corrected chi connectivity index (χ3v) is 7.74. The van der Waals surface area contributed by atoms with Gasteiger partial charge in [0.05, 0.1) is 23.4 Å². The summed E-state index contributed by atoms with van der Waals surface area (Å²) in [6.07, 6.45) is 10.2. The second kappa shape index (κ2) is 10.5. The van der Waals surface area contributed by atoms with Crippen LogP contribution in [0.4, 0.5) is 9.93 Å². The van der Waals surface area contributed by atoms with Crippen molar-refractivity contribution in [1.29, 1.82) is 0 Å². The van der Waals surface area contributed by atoms with Gasteiger partial charge in [-0.3, -0.25) is 10.1 Å². The summed E-state index contributed by atoms with van der Waals surface area (Å²) >= 11 is 3.04. The van der Waals surface area contributed by atoms with E-state index in [4.69, 9.17) is 4.74 Å². The van der Waals surface area contributed by atoms with E-state index >= 15 is 0 Å². The number of thioether (sulfide) groups is 1. The average molecular weight is 426 g/mol. The van der Waals surface area contributed by atoms with Crippen LogP contribution in [0.5, 0.6) is 0 Å². The van der Waals surface area contributed by atoms with E-state index in [0.717, 1.165) is 35.8 Å². The van der Waals surface area contributed by atoms with Crippen molar-refractivity contribution in [3.63, 3.8) is 0 Å². The second-order valence-corrected chi connectivity index (χ2v) is 10.1. The fourth-order valence-electron chi connectivity index (χ4n) is 3.82. The molecule has 0 spiro atoms. The molecule has 1 heterocycles. The van der Waals surface area contributed by atoms with Crippen LogP contribution in [0.1, 0.15) is 65.2 Å². The van der Waals surface area contributed by atoms with Gasteiger partial charge in [0, 0.05) is 17.8 Å². The van der Waals surface area contributed by atoms with Crippen molar-refractivity contribution in [3.8, 4) is 0 Å². The number of urea groups is 1. The van der Waals surface area contributed by atoms with Gasteiger partial charge in [-0.2, -0.15) is 0 Å². The van der Waals surface area contributed by atoms with Gasteiger partial charge in [0.2, 0.25) is 0 Å². The lowest BCUT2D eigenvalue weighted by molar-refractivity contribution is -0.142. The molecule has 28 heavy (non-hydrogen) atoms. The number of hydrogen-bond donors (Lipinski definition) is 1. The van der Waals surface area contributed by atoms with Crippen LogP contribution in [0.15, 0.2) is 10.4 Å². The van der Waals surface area contributed by atoms with Crippen LogP contribution in [0.2, 0.25) is 0 Å². The van der Waals surface area contributed by atoms with Crippen LogP contribution >= 0.6 is 23.1 Å². The van der Waals surface area contributed by atoms with Gasteiger partial charge in [-0.05, 0) is 57.8 Å². The molecule has 2 aliphatic carbocycles. The average Bonchev–Trinajstić information content (AvgIpc) is 3.06. The first kappa shape index (κ1) is 21.4. The fraction of sp³-hybridized carbons (Fsp3) is 0.750. The van der Waals surface area contributed by atoms with Crippen molar-refractivity contribution < 1.29 is 14.3 Å². The maximum absolute atomic E-state index is 13.0. The first-order valence-electron chi connectivity index (χ1n) is 10.4. The van der Waals surface area contributed by atoms with Crippen molar-refractivity contribution in [2.45, 2.75) is 81.5 Å². The Kier molecular flexibility index (Phi) is 8.02. The van der Waals surface area contributed by atoms with Gasteiger partial charge in [0.25, 0.3) is 0 Å². The predicted molar refractivity (Wildman–Crippen MR) is 114 cm³/mol. The molecular weight excluding hydrogens is 394 g/mol. The van der Waals surface area contributed by atoms with Gasteiger partial charge in [0.1, 0.15) is 0 Å². The summed E-state index contributed by atoms with van der Waals surface area (Å²) in [7, 11) is 0. The van der Waals surface area contributed by atoms with Crippen LogP contribution < -0.4 is 5.32 Å². The summed E-state index contributed by atoms with van der Waals surface area (Å²) in [4.78, 5) is 30.9. The van der Waals surface area contributed by atoms with Gasteiger partial charge in [-0.25, -0.2) is 9.78 Å². The summed E-state index contributed by atoms with van der Waals surface area (Å²) in [6, 6.07) is 0.748. The van der Waals surface area contributed by atoms with Gasteiger partial charge in [0.15, 0.2) is 5.13 Å². The van der Waals surface area contributed by atoms with Crippen molar-refractivity contribution >= 4 is 40.2 Å². The van der Waals surface area contributed by atoms with E-state index in [1.165, 1.54) is 30.6 Å². The minimum Gasteiger partial charge on any atom is -0.466 e. The van der Waals surface area contributed by atoms with E-state index in [2.05, 4.69) is 22.1 Å². The SMILES string of the molecule is CCOC(=O)CCSc1cnc(NC(=O)N(C2CCC2)[C@H]2CC[C@H](C)CC2)s1. The highest BCUT2D eigenvalue weighted by atomic mass is 32.2. The standard InChI is InChI=1S/C20H31N3O3S2/c1-3-26-17(24)11-12-27-18-13-21-19(28-18)22-20(25)23(15-5-4-6-15)16-9-7-14(2)8-10-16/h13-16H,3-12H2,1-2H3,(H,21,22,25)/t14-,16-. The molecule has 3 rings (SSSR count). The van der Waals surface area contributed by atoms with Crippen LogP contribution in [0, 0.1) is 5.92 Å². The smallest absolute Gasteiger partial charge is 0.324 e. The predicted octanol–water partition coefficient (Wildman–Crippen LogP) is 5.15. The molecule has 1 aromatic rings. The zero-order valence-electron chi connectivity index (χ0n) is 16.8. The molecule has 8 heteroatoms. The van der Waals surface area contributed by atoms with E-state index in [0.29, 0.717) is 36.0 Å². The molecule has 0 saturated heterocycles. The summed E-state index contributed by atoms with van der Waals surface area (Å²) in [5.74, 6) is 1.25. The monoisotopic (exact) mass is 425 g/mol. The maximum atomic E-state index is 13.0. The summed E-state index contributed by atoms with van der Waals surface area (Å²) < 4.78 is 5.94. The first-order chi connectivity index (χ1) is 13.6. The Balaban J connectivity index is 1.52. The van der Waals surface area contributed by atoms with E-state index in [9.17, 15) is 9.59 Å². The second-order valence-electron chi connectivity index (χ2n) is 7.72. The maximum Gasteiger partial charge on any atom is 0.324 e. The van der Waals surface area contributed by atoms with E-state index < -0.39 is 0 Å². The molecule has 0 radical (unpaired) electrons. The number of anilines is 1. The number of rotatable bonds is 8. The van der Waals surface area contributed by atoms with Crippen molar-refractivity contribution in [1.82, 2.24) is 9.88 Å². The zero-order chi connectivity index (χ0) is 19.9. The van der Waals surface area contributed by atoms with Crippen LogP contribution in [0.3, 0.4) is 0 Å². The molecule has 2 amide bonds. The Labute approximate surface area is 175 Å². The summed E-state index contributed by atoms with van der Waals surface area (Å²) in [5.41, 5.74) is 0. The molecular formula is C20H31N3O3S2. The third-order valence-electron chi connectivity index (χ3n) is 5.64. The highest BCUT2D eigenvalue weighted by Crippen LogP contribution is 2.35. The lowest BCUT2D eigenvalue weighted by Crippen LogP contribution is -2.52. The third kappa shape index (κ3) is 5.86. The number of esters is 1. The molecule has 2 saturated carbocycles. The molecule has 2 aliphatic rings. The van der Waals surface area contributed by atoms with Crippen LogP contribution in [-0.2, 0) is 9.53 Å². The number of ether oxygens (including phenoxy) is 1. The number of nitrogens with zero attached hydrogens (tertiary/aromatic N) is 2. The Hall–Kier alpha value is -1.28. The van der Waals surface area contributed by atoms with Crippen LogP contribution in [0.25, 0.3) is 0 Å². The number of nitrogens with one attached hydrogen (secondary N) is 1. The van der Waals surface area contributed by atoms with E-state index in [1.54, 1.807) is 18.0 Å². The highest BCUT2D eigenvalue weighted by molar-refractivity contribution is 8.01. The Morgan fingerprint density at radius 1 is 1.25 bits per heavy atom.